The van der Waals surface area contributed by atoms with Crippen LogP contribution < -0.4 is 5.73 Å². The van der Waals surface area contributed by atoms with Crippen LogP contribution in [-0.4, -0.2) is 22.3 Å². The van der Waals surface area contributed by atoms with Crippen molar-refractivity contribution >= 4 is 29.0 Å². The maximum absolute atomic E-state index is 11.1. The maximum Gasteiger partial charge on any atom is 0.182 e. The lowest BCUT2D eigenvalue weighted by Gasteiger charge is -2.00. The van der Waals surface area contributed by atoms with Crippen LogP contribution >= 0.6 is 23.2 Å². The lowest BCUT2D eigenvalue weighted by Crippen LogP contribution is -2.15. The SMILES string of the molecule is NCC(=O)c1c(Cl)ncnc1Cl. The molecule has 6 heteroatoms. The van der Waals surface area contributed by atoms with E-state index in [9.17, 15) is 4.79 Å². The van der Waals surface area contributed by atoms with Crippen molar-refractivity contribution in [3.05, 3.63) is 22.2 Å². The highest BCUT2D eigenvalue weighted by Gasteiger charge is 2.14. The van der Waals surface area contributed by atoms with E-state index in [4.69, 9.17) is 28.9 Å². The summed E-state index contributed by atoms with van der Waals surface area (Å²) in [4.78, 5) is 18.3. The fourth-order valence-electron chi connectivity index (χ4n) is 0.677. The molecule has 4 nitrogen and oxygen atoms in total. The number of carbonyl (C=O) groups excluding carboxylic acids is 1. The highest BCUT2D eigenvalue weighted by atomic mass is 35.5. The Morgan fingerprint density at radius 3 is 2.33 bits per heavy atom. The Labute approximate surface area is 78.7 Å². The smallest absolute Gasteiger partial charge is 0.182 e. The number of Topliss-reactive ketones (excluding diaryl/α,β-unsaturated/α-hetero) is 1. The predicted molar refractivity (Wildman–Crippen MR) is 45.4 cm³/mol. The normalized spacial score (nSPS) is 9.92. The zero-order valence-electron chi connectivity index (χ0n) is 5.92. The van der Waals surface area contributed by atoms with Crippen molar-refractivity contribution in [1.82, 2.24) is 9.97 Å². The van der Waals surface area contributed by atoms with Gasteiger partial charge in [0.05, 0.1) is 12.1 Å². The van der Waals surface area contributed by atoms with Crippen LogP contribution in [-0.2, 0) is 0 Å². The van der Waals surface area contributed by atoms with Crippen LogP contribution in [0.4, 0.5) is 0 Å². The van der Waals surface area contributed by atoms with E-state index in [1.165, 1.54) is 6.33 Å². The molecule has 0 saturated carbocycles. The Morgan fingerprint density at radius 2 is 1.92 bits per heavy atom. The minimum atomic E-state index is -0.370. The van der Waals surface area contributed by atoms with Gasteiger partial charge in [0.15, 0.2) is 5.78 Å². The molecule has 1 aromatic heterocycles. The Morgan fingerprint density at radius 1 is 1.42 bits per heavy atom. The molecule has 1 aromatic rings. The molecule has 0 unspecified atom stereocenters. The molecule has 0 saturated heterocycles. The van der Waals surface area contributed by atoms with Gasteiger partial charge >= 0.3 is 0 Å². The van der Waals surface area contributed by atoms with Crippen molar-refractivity contribution in [1.29, 1.82) is 0 Å². The third-order valence-electron chi connectivity index (χ3n) is 1.22. The Kier molecular flexibility index (Phi) is 2.97. The number of ketones is 1. The summed E-state index contributed by atoms with van der Waals surface area (Å²) >= 11 is 11.2. The number of rotatable bonds is 2. The molecule has 0 atom stereocenters. The molecule has 2 N–H and O–H groups in total. The van der Waals surface area contributed by atoms with Gasteiger partial charge in [-0.2, -0.15) is 0 Å². The number of aromatic nitrogens is 2. The first-order valence-electron chi connectivity index (χ1n) is 3.06. The molecule has 0 spiro atoms. The number of carbonyl (C=O) groups is 1. The van der Waals surface area contributed by atoms with Crippen LogP contribution in [0.5, 0.6) is 0 Å². The van der Waals surface area contributed by atoms with Crippen molar-refractivity contribution in [2.24, 2.45) is 5.73 Å². The number of hydrogen-bond acceptors (Lipinski definition) is 4. The minimum Gasteiger partial charge on any atom is -0.324 e. The third-order valence-corrected chi connectivity index (χ3v) is 1.79. The Hall–Kier alpha value is -0.710. The summed E-state index contributed by atoms with van der Waals surface area (Å²) in [6.07, 6.45) is 1.18. The second-order valence-corrected chi connectivity index (χ2v) is 2.67. The van der Waals surface area contributed by atoms with Crippen molar-refractivity contribution in [3.8, 4) is 0 Å². The van der Waals surface area contributed by atoms with Crippen molar-refractivity contribution < 1.29 is 4.79 Å². The molecule has 0 aliphatic heterocycles. The molecule has 0 amide bonds. The molecule has 12 heavy (non-hydrogen) atoms. The van der Waals surface area contributed by atoms with Crippen LogP contribution in [0.2, 0.25) is 10.3 Å². The summed E-state index contributed by atoms with van der Waals surface area (Å²) in [5.74, 6) is -0.370. The zero-order valence-corrected chi connectivity index (χ0v) is 7.43. The van der Waals surface area contributed by atoms with E-state index in [1.807, 2.05) is 0 Å². The average Bonchev–Trinajstić information content (AvgIpc) is 2.03. The van der Waals surface area contributed by atoms with E-state index in [-0.39, 0.29) is 28.2 Å². The summed E-state index contributed by atoms with van der Waals surface area (Å²) in [5.41, 5.74) is 5.21. The molecule has 1 rings (SSSR count). The second-order valence-electron chi connectivity index (χ2n) is 1.96. The van der Waals surface area contributed by atoms with E-state index >= 15 is 0 Å². The van der Waals surface area contributed by atoms with E-state index < -0.39 is 0 Å². The summed E-state index contributed by atoms with van der Waals surface area (Å²) in [5, 5.41) is 0.0656. The largest absolute Gasteiger partial charge is 0.324 e. The van der Waals surface area contributed by atoms with Crippen molar-refractivity contribution in [2.45, 2.75) is 0 Å². The summed E-state index contributed by atoms with van der Waals surface area (Å²) in [6.45, 7) is -0.160. The average molecular weight is 206 g/mol. The standard InChI is InChI=1S/C6H5Cl2N3O/c7-5-4(3(12)1-9)6(8)11-2-10-5/h2H,1,9H2. The van der Waals surface area contributed by atoms with Gasteiger partial charge in [-0.25, -0.2) is 9.97 Å². The van der Waals surface area contributed by atoms with Crippen molar-refractivity contribution in [2.75, 3.05) is 6.54 Å². The summed E-state index contributed by atoms with van der Waals surface area (Å²) < 4.78 is 0. The first-order valence-corrected chi connectivity index (χ1v) is 3.81. The number of nitrogens with zero attached hydrogens (tertiary/aromatic N) is 2. The molecule has 64 valence electrons. The van der Waals surface area contributed by atoms with Gasteiger partial charge in [-0.3, -0.25) is 4.79 Å². The molecule has 0 bridgehead atoms. The monoisotopic (exact) mass is 205 g/mol. The van der Waals surface area contributed by atoms with E-state index in [2.05, 4.69) is 9.97 Å². The van der Waals surface area contributed by atoms with Gasteiger partial charge < -0.3 is 5.73 Å². The van der Waals surface area contributed by atoms with Gasteiger partial charge in [-0.15, -0.1) is 0 Å². The topological polar surface area (TPSA) is 68.9 Å². The second kappa shape index (κ2) is 3.80. The van der Waals surface area contributed by atoms with Gasteiger partial charge in [0.1, 0.15) is 16.6 Å². The third kappa shape index (κ3) is 1.72. The van der Waals surface area contributed by atoms with Gasteiger partial charge in [-0.05, 0) is 0 Å². The fraction of sp³-hybridized carbons (Fsp3) is 0.167. The van der Waals surface area contributed by atoms with Crippen LogP contribution in [0.3, 0.4) is 0 Å². The lowest BCUT2D eigenvalue weighted by atomic mass is 10.2. The van der Waals surface area contributed by atoms with Crippen molar-refractivity contribution in [3.63, 3.8) is 0 Å². The molecular formula is C6H5Cl2N3O. The molecule has 0 aliphatic rings. The van der Waals surface area contributed by atoms with Crippen LogP contribution in [0.25, 0.3) is 0 Å². The molecule has 1 heterocycles. The van der Waals surface area contributed by atoms with Gasteiger partial charge in [-0.1, -0.05) is 23.2 Å². The minimum absolute atomic E-state index is 0.0328. The van der Waals surface area contributed by atoms with Gasteiger partial charge in [0.2, 0.25) is 0 Å². The first-order chi connectivity index (χ1) is 5.66. The summed E-state index contributed by atoms with van der Waals surface area (Å²) in [6, 6.07) is 0. The van der Waals surface area contributed by atoms with Crippen LogP contribution in [0.1, 0.15) is 10.4 Å². The fourth-order valence-corrected chi connectivity index (χ4v) is 1.20. The molecule has 0 aromatic carbocycles. The van der Waals surface area contributed by atoms with Crippen LogP contribution in [0.15, 0.2) is 6.33 Å². The number of halogens is 2. The number of hydrogen-bond donors (Lipinski definition) is 1. The molecule has 0 fully saturated rings. The van der Waals surface area contributed by atoms with E-state index in [0.717, 1.165) is 0 Å². The van der Waals surface area contributed by atoms with Gasteiger partial charge in [0, 0.05) is 0 Å². The Bertz CT molecular complexity index is 295. The first kappa shape index (κ1) is 9.38. The highest BCUT2D eigenvalue weighted by Crippen LogP contribution is 2.19. The lowest BCUT2D eigenvalue weighted by molar-refractivity contribution is 0.100. The quantitative estimate of drug-likeness (QED) is 0.577. The summed E-state index contributed by atoms with van der Waals surface area (Å²) in [7, 11) is 0. The predicted octanol–water partition coefficient (Wildman–Crippen LogP) is 0.925. The molecule has 0 aliphatic carbocycles. The zero-order chi connectivity index (χ0) is 9.14. The van der Waals surface area contributed by atoms with E-state index in [0.29, 0.717) is 0 Å². The van der Waals surface area contributed by atoms with Crippen LogP contribution in [0, 0.1) is 0 Å². The van der Waals surface area contributed by atoms with E-state index in [1.54, 1.807) is 0 Å². The Balaban J connectivity index is 3.21. The number of nitrogens with two attached hydrogens (primary N) is 1. The van der Waals surface area contributed by atoms with Gasteiger partial charge in [0.25, 0.3) is 0 Å². The molecular weight excluding hydrogens is 201 g/mol. The molecule has 0 radical (unpaired) electrons. The maximum atomic E-state index is 11.1. The highest BCUT2D eigenvalue weighted by molar-refractivity contribution is 6.38.